The zero-order chi connectivity index (χ0) is 30.6. The normalized spacial score (nSPS) is 18.4. The van der Waals surface area contributed by atoms with E-state index in [1.807, 2.05) is 0 Å². The summed E-state index contributed by atoms with van der Waals surface area (Å²) >= 11 is 0. The van der Waals surface area contributed by atoms with Crippen LogP contribution in [0.1, 0.15) is 23.6 Å². The number of para-hydroxylation sites is 1. The number of nitrogens with zero attached hydrogens (tertiary/aromatic N) is 3. The molecule has 0 radical (unpaired) electrons. The van der Waals surface area contributed by atoms with Crippen LogP contribution < -0.4 is 10.2 Å². The molecular weight excluding hydrogens is 576 g/mol. The molecule has 0 aliphatic carbocycles. The standard InChI is InChI=1S/C27H21F6N3O6/c1-35-8-7-14(18(39)12-35)21-16(37)10-20(42-25(40)27(31,32)33)22-17(38)9-19(41-23(21)22)15-11-34-36(24(15)26(28,29)30)13-5-3-2-4-6-13/h2-6,9-11,14,18,37,39H,7-8,12H2,1H3/t14-,18+/m0/s1. The second kappa shape index (κ2) is 10.5. The van der Waals surface area contributed by atoms with Crippen LogP contribution in [0.25, 0.3) is 28.0 Å². The predicted molar refractivity (Wildman–Crippen MR) is 134 cm³/mol. The SMILES string of the molecule is CN1CC[C@H](c2c(O)cc(OC(=O)C(F)(F)F)c3c(=O)cc(-c4cnn(-c5ccccc5)c4C(F)(F)F)oc23)[C@H](O)C1. The Kier molecular flexibility index (Phi) is 7.27. The highest BCUT2D eigenvalue weighted by Gasteiger charge is 2.43. The molecule has 2 N–H and O–H groups in total. The first kappa shape index (κ1) is 29.1. The molecule has 9 nitrogen and oxygen atoms in total. The number of fused-ring (bicyclic) bond motifs is 1. The van der Waals surface area contributed by atoms with Gasteiger partial charge in [0.1, 0.15) is 28.2 Å². The Hall–Kier alpha value is -4.37. The van der Waals surface area contributed by atoms with Gasteiger partial charge in [0.25, 0.3) is 0 Å². The number of hydrogen-bond donors (Lipinski definition) is 2. The summed E-state index contributed by atoms with van der Waals surface area (Å²) in [6, 6.07) is 8.48. The second-order valence-corrected chi connectivity index (χ2v) is 9.75. The minimum Gasteiger partial charge on any atom is -0.507 e. The number of hydrogen-bond acceptors (Lipinski definition) is 8. The molecular formula is C27H21F6N3O6. The predicted octanol–water partition coefficient (Wildman–Crippen LogP) is 4.62. The number of phenols is 1. The first-order valence-corrected chi connectivity index (χ1v) is 12.4. The van der Waals surface area contributed by atoms with Gasteiger partial charge in [-0.25, -0.2) is 9.48 Å². The molecule has 1 aliphatic rings. The van der Waals surface area contributed by atoms with Crippen molar-refractivity contribution in [3.05, 3.63) is 70.1 Å². The summed E-state index contributed by atoms with van der Waals surface area (Å²) in [5.74, 6) is -6.14. The fourth-order valence-electron chi connectivity index (χ4n) is 5.03. The highest BCUT2D eigenvalue weighted by atomic mass is 19.4. The van der Waals surface area contributed by atoms with Gasteiger partial charge in [-0.2, -0.15) is 31.4 Å². The van der Waals surface area contributed by atoms with Gasteiger partial charge in [0.05, 0.1) is 23.6 Å². The molecule has 0 bridgehead atoms. The smallest absolute Gasteiger partial charge is 0.491 e. The fraction of sp³-hybridized carbons (Fsp3) is 0.296. The molecule has 0 unspecified atom stereocenters. The Labute approximate surface area is 232 Å². The summed E-state index contributed by atoms with van der Waals surface area (Å²) in [4.78, 5) is 26.7. The molecule has 0 spiro atoms. The third kappa shape index (κ3) is 5.32. The summed E-state index contributed by atoms with van der Waals surface area (Å²) in [7, 11) is 1.71. The molecule has 0 amide bonds. The van der Waals surface area contributed by atoms with Crippen LogP contribution >= 0.6 is 0 Å². The van der Waals surface area contributed by atoms with E-state index in [4.69, 9.17) is 4.42 Å². The maximum absolute atomic E-state index is 14.3. The molecule has 1 fully saturated rings. The summed E-state index contributed by atoms with van der Waals surface area (Å²) in [6.45, 7) is 0.488. The monoisotopic (exact) mass is 597 g/mol. The van der Waals surface area contributed by atoms with Gasteiger partial charge in [-0.15, -0.1) is 0 Å². The van der Waals surface area contributed by atoms with E-state index < -0.39 is 75.3 Å². The first-order chi connectivity index (χ1) is 19.7. The topological polar surface area (TPSA) is 118 Å². The van der Waals surface area contributed by atoms with Crippen LogP contribution in [0.5, 0.6) is 11.5 Å². The van der Waals surface area contributed by atoms with E-state index in [1.54, 1.807) is 18.0 Å². The van der Waals surface area contributed by atoms with E-state index in [2.05, 4.69) is 9.84 Å². The number of aromatic nitrogens is 2. The van der Waals surface area contributed by atoms with Crippen LogP contribution in [0.3, 0.4) is 0 Å². The summed E-state index contributed by atoms with van der Waals surface area (Å²) in [6.07, 6.45) is -10.7. The number of likely N-dealkylation sites (tertiary alicyclic amines) is 1. The van der Waals surface area contributed by atoms with Gasteiger partial charge in [0, 0.05) is 30.2 Å². The zero-order valence-corrected chi connectivity index (χ0v) is 21.5. The number of piperidine rings is 1. The van der Waals surface area contributed by atoms with Crippen molar-refractivity contribution in [2.45, 2.75) is 30.8 Å². The highest BCUT2D eigenvalue weighted by molar-refractivity contribution is 5.92. The number of β-amino-alcohol motifs (C(OH)–C–C–N with tert-alkyl or cyclic N) is 1. The summed E-state index contributed by atoms with van der Waals surface area (Å²) < 4.78 is 92.7. The Morgan fingerprint density at radius 3 is 2.43 bits per heavy atom. The number of benzene rings is 2. The van der Waals surface area contributed by atoms with E-state index in [1.165, 1.54) is 24.3 Å². The number of aromatic hydroxyl groups is 1. The lowest BCUT2D eigenvalue weighted by molar-refractivity contribution is -0.189. The Bertz CT molecular complexity index is 1710. The van der Waals surface area contributed by atoms with Gasteiger partial charge in [-0.3, -0.25) is 4.79 Å². The first-order valence-electron chi connectivity index (χ1n) is 12.4. The molecule has 2 aromatic heterocycles. The number of likely N-dealkylation sites (N-methyl/N-ethyl adjacent to an activating group) is 1. The fourth-order valence-corrected chi connectivity index (χ4v) is 5.03. The summed E-state index contributed by atoms with van der Waals surface area (Å²) in [5.41, 5.74) is -4.01. The zero-order valence-electron chi connectivity index (χ0n) is 21.5. The third-order valence-electron chi connectivity index (χ3n) is 6.88. The Morgan fingerprint density at radius 2 is 1.81 bits per heavy atom. The lowest BCUT2D eigenvalue weighted by Gasteiger charge is -2.34. The van der Waals surface area contributed by atoms with Crippen molar-refractivity contribution in [2.75, 3.05) is 20.1 Å². The molecule has 222 valence electrons. The average Bonchev–Trinajstić information content (AvgIpc) is 3.35. The molecule has 2 aromatic carbocycles. The number of esters is 1. The average molecular weight is 597 g/mol. The van der Waals surface area contributed by atoms with E-state index in [9.17, 15) is 46.1 Å². The van der Waals surface area contributed by atoms with Crippen molar-refractivity contribution in [1.29, 1.82) is 0 Å². The van der Waals surface area contributed by atoms with E-state index >= 15 is 0 Å². The van der Waals surface area contributed by atoms with E-state index in [0.29, 0.717) is 23.4 Å². The molecule has 2 atom stereocenters. The van der Waals surface area contributed by atoms with Gasteiger partial charge < -0.3 is 24.3 Å². The van der Waals surface area contributed by atoms with Crippen LogP contribution in [0.4, 0.5) is 26.3 Å². The molecule has 5 rings (SSSR count). The molecule has 0 saturated carbocycles. The summed E-state index contributed by atoms with van der Waals surface area (Å²) in [5, 5.41) is 24.7. The minimum absolute atomic E-state index is 0.0355. The van der Waals surface area contributed by atoms with Crippen molar-refractivity contribution >= 4 is 16.9 Å². The number of ether oxygens (including phenoxy) is 1. The van der Waals surface area contributed by atoms with Gasteiger partial charge in [0.15, 0.2) is 11.1 Å². The van der Waals surface area contributed by atoms with Crippen LogP contribution in [-0.2, 0) is 11.0 Å². The van der Waals surface area contributed by atoms with Crippen LogP contribution in [0, 0.1) is 0 Å². The van der Waals surface area contributed by atoms with E-state index in [0.717, 1.165) is 6.20 Å². The number of alkyl halides is 6. The van der Waals surface area contributed by atoms with Crippen molar-refractivity contribution in [3.63, 3.8) is 0 Å². The van der Waals surface area contributed by atoms with Gasteiger partial charge in [0.2, 0.25) is 0 Å². The number of phenolic OH excluding ortho intramolecular Hbond substituents is 1. The lowest BCUT2D eigenvalue weighted by Crippen LogP contribution is -2.40. The lowest BCUT2D eigenvalue weighted by atomic mass is 9.85. The molecule has 4 aromatic rings. The molecule has 1 saturated heterocycles. The van der Waals surface area contributed by atoms with Crippen molar-refractivity contribution < 1.29 is 50.5 Å². The largest absolute Gasteiger partial charge is 0.507 e. The maximum atomic E-state index is 14.3. The third-order valence-corrected chi connectivity index (χ3v) is 6.88. The molecule has 15 heteroatoms. The molecule has 42 heavy (non-hydrogen) atoms. The van der Waals surface area contributed by atoms with E-state index in [-0.39, 0.29) is 24.2 Å². The Morgan fingerprint density at radius 1 is 1.12 bits per heavy atom. The van der Waals surface area contributed by atoms with Crippen molar-refractivity contribution in [3.8, 4) is 28.5 Å². The number of halogens is 6. The number of aliphatic hydroxyl groups is 1. The number of aliphatic hydroxyl groups excluding tert-OH is 1. The maximum Gasteiger partial charge on any atom is 0.491 e. The van der Waals surface area contributed by atoms with Gasteiger partial charge in [-0.05, 0) is 32.1 Å². The van der Waals surface area contributed by atoms with Crippen LogP contribution in [0.15, 0.2) is 57.9 Å². The second-order valence-electron chi connectivity index (χ2n) is 9.75. The number of carbonyl (C=O) groups excluding carboxylic acids is 1. The van der Waals surface area contributed by atoms with Crippen molar-refractivity contribution in [2.24, 2.45) is 0 Å². The molecule has 3 heterocycles. The quantitative estimate of drug-likeness (QED) is 0.199. The number of rotatable bonds is 4. The minimum atomic E-state index is -5.47. The van der Waals surface area contributed by atoms with Crippen molar-refractivity contribution in [1.82, 2.24) is 14.7 Å². The van der Waals surface area contributed by atoms with Crippen LogP contribution in [0.2, 0.25) is 0 Å². The van der Waals surface area contributed by atoms with Gasteiger partial charge >= 0.3 is 18.3 Å². The number of carbonyl (C=O) groups is 1. The Balaban J connectivity index is 1.79. The van der Waals surface area contributed by atoms with Crippen LogP contribution in [-0.4, -0.2) is 63.3 Å². The molecule has 1 aliphatic heterocycles. The highest BCUT2D eigenvalue weighted by Crippen LogP contribution is 2.45. The van der Waals surface area contributed by atoms with Gasteiger partial charge in [-0.1, -0.05) is 18.2 Å².